The second kappa shape index (κ2) is 7.17. The van der Waals surface area contributed by atoms with Gasteiger partial charge in [-0.3, -0.25) is 9.69 Å². The third kappa shape index (κ3) is 3.50. The number of nitrogens with zero attached hydrogens (tertiary/aromatic N) is 2. The van der Waals surface area contributed by atoms with Gasteiger partial charge in [-0.15, -0.1) is 0 Å². The van der Waals surface area contributed by atoms with Crippen LogP contribution in [0.3, 0.4) is 0 Å². The molecule has 0 spiro atoms. The molecule has 26 heavy (non-hydrogen) atoms. The Labute approximate surface area is 157 Å². The molecule has 0 saturated carbocycles. The average Bonchev–Trinajstić information content (AvgIpc) is 3.27. The minimum atomic E-state index is -0.00800. The standard InChI is InChI=1S/C21H22N2O2S/c1-14-10-15(2)12-16(11-14)20(24)23(13-17-6-5-9-25-17)21-22-18-7-3-4-8-19(18)26-21/h3-4,7-8,10-12,17H,5-6,9,13H2,1-2H3/t17-/m1/s1. The Bertz CT molecular complexity index is 891. The van der Waals surface area contributed by atoms with E-state index < -0.39 is 0 Å². The lowest BCUT2D eigenvalue weighted by molar-refractivity contribution is 0.0917. The number of para-hydroxylation sites is 1. The number of aromatic nitrogens is 1. The number of rotatable bonds is 4. The van der Waals surface area contributed by atoms with Gasteiger partial charge in [0.25, 0.3) is 5.91 Å². The van der Waals surface area contributed by atoms with Gasteiger partial charge in [0.05, 0.1) is 22.9 Å². The maximum Gasteiger partial charge on any atom is 0.260 e. The number of anilines is 1. The Balaban J connectivity index is 1.72. The fraction of sp³-hybridized carbons (Fsp3) is 0.333. The molecule has 0 unspecified atom stereocenters. The first-order valence-electron chi connectivity index (χ1n) is 8.97. The molecule has 4 rings (SSSR count). The maximum absolute atomic E-state index is 13.4. The Morgan fingerprint density at radius 2 is 2.00 bits per heavy atom. The number of fused-ring (bicyclic) bond motifs is 1. The molecule has 1 aromatic heterocycles. The zero-order chi connectivity index (χ0) is 18.1. The molecule has 134 valence electrons. The van der Waals surface area contributed by atoms with Gasteiger partial charge in [0, 0.05) is 12.2 Å². The molecule has 0 N–H and O–H groups in total. The molecule has 4 nitrogen and oxygen atoms in total. The maximum atomic E-state index is 13.4. The molecule has 1 atom stereocenters. The van der Waals surface area contributed by atoms with Gasteiger partial charge in [0.15, 0.2) is 5.13 Å². The number of hydrogen-bond donors (Lipinski definition) is 0. The van der Waals surface area contributed by atoms with Gasteiger partial charge in [0.1, 0.15) is 0 Å². The van der Waals surface area contributed by atoms with Crippen molar-refractivity contribution >= 4 is 32.6 Å². The topological polar surface area (TPSA) is 42.4 Å². The van der Waals surface area contributed by atoms with Gasteiger partial charge in [-0.05, 0) is 51.0 Å². The zero-order valence-electron chi connectivity index (χ0n) is 15.1. The van der Waals surface area contributed by atoms with Crippen molar-refractivity contribution in [3.05, 3.63) is 59.2 Å². The normalized spacial score (nSPS) is 16.9. The second-order valence-corrected chi connectivity index (χ2v) is 7.90. The first-order chi connectivity index (χ1) is 12.6. The summed E-state index contributed by atoms with van der Waals surface area (Å²) in [6.07, 6.45) is 2.12. The summed E-state index contributed by atoms with van der Waals surface area (Å²) in [5.74, 6) is -0.00800. The van der Waals surface area contributed by atoms with Crippen LogP contribution < -0.4 is 4.90 Å². The minimum Gasteiger partial charge on any atom is -0.376 e. The lowest BCUT2D eigenvalue weighted by Crippen LogP contribution is -2.37. The number of amides is 1. The predicted molar refractivity (Wildman–Crippen MR) is 106 cm³/mol. The second-order valence-electron chi connectivity index (χ2n) is 6.89. The molecule has 2 aromatic carbocycles. The SMILES string of the molecule is Cc1cc(C)cc(C(=O)N(C[C@H]2CCCO2)c2nc3ccccc3s2)c1. The molecule has 1 aliphatic heterocycles. The molecular weight excluding hydrogens is 344 g/mol. The Morgan fingerprint density at radius 3 is 2.69 bits per heavy atom. The summed E-state index contributed by atoms with van der Waals surface area (Å²) >= 11 is 1.56. The number of carbonyl (C=O) groups excluding carboxylic acids is 1. The van der Waals surface area contributed by atoms with Crippen LogP contribution in [-0.4, -0.2) is 30.1 Å². The van der Waals surface area contributed by atoms with E-state index in [9.17, 15) is 4.79 Å². The van der Waals surface area contributed by atoms with E-state index in [2.05, 4.69) is 6.07 Å². The summed E-state index contributed by atoms with van der Waals surface area (Å²) in [6, 6.07) is 14.0. The molecule has 0 bridgehead atoms. The van der Waals surface area contributed by atoms with E-state index in [4.69, 9.17) is 9.72 Å². The highest BCUT2D eigenvalue weighted by Crippen LogP contribution is 2.31. The van der Waals surface area contributed by atoms with Crippen molar-refractivity contribution < 1.29 is 9.53 Å². The van der Waals surface area contributed by atoms with Crippen molar-refractivity contribution in [1.29, 1.82) is 0 Å². The zero-order valence-corrected chi connectivity index (χ0v) is 15.9. The molecule has 2 heterocycles. The largest absolute Gasteiger partial charge is 0.376 e. The molecule has 1 saturated heterocycles. The highest BCUT2D eigenvalue weighted by atomic mass is 32.1. The smallest absolute Gasteiger partial charge is 0.260 e. The number of ether oxygens (including phenoxy) is 1. The highest BCUT2D eigenvalue weighted by Gasteiger charge is 2.27. The van der Waals surface area contributed by atoms with Crippen LogP contribution in [0.1, 0.15) is 34.3 Å². The monoisotopic (exact) mass is 366 g/mol. The van der Waals surface area contributed by atoms with Crippen LogP contribution >= 0.6 is 11.3 Å². The van der Waals surface area contributed by atoms with Crippen LogP contribution in [0.5, 0.6) is 0 Å². The number of benzene rings is 2. The van der Waals surface area contributed by atoms with Crippen molar-refractivity contribution in [1.82, 2.24) is 4.98 Å². The summed E-state index contributed by atoms with van der Waals surface area (Å²) in [7, 11) is 0. The predicted octanol–water partition coefficient (Wildman–Crippen LogP) is 4.74. The van der Waals surface area contributed by atoms with Crippen LogP contribution in [0, 0.1) is 13.8 Å². The van der Waals surface area contributed by atoms with Crippen molar-refractivity contribution in [3.8, 4) is 0 Å². The quantitative estimate of drug-likeness (QED) is 0.670. The molecule has 3 aromatic rings. The molecule has 1 fully saturated rings. The first kappa shape index (κ1) is 17.2. The van der Waals surface area contributed by atoms with E-state index in [1.807, 2.05) is 50.2 Å². The van der Waals surface area contributed by atoms with Crippen molar-refractivity contribution in [3.63, 3.8) is 0 Å². The molecule has 1 amide bonds. The van der Waals surface area contributed by atoms with Gasteiger partial charge in [-0.25, -0.2) is 4.98 Å². The van der Waals surface area contributed by atoms with Gasteiger partial charge in [-0.2, -0.15) is 0 Å². The van der Waals surface area contributed by atoms with Crippen molar-refractivity contribution in [2.75, 3.05) is 18.1 Å². The van der Waals surface area contributed by atoms with Crippen LogP contribution in [-0.2, 0) is 4.74 Å². The van der Waals surface area contributed by atoms with Crippen molar-refractivity contribution in [2.45, 2.75) is 32.8 Å². The summed E-state index contributed by atoms with van der Waals surface area (Å²) in [5.41, 5.74) is 3.82. The third-order valence-corrected chi connectivity index (χ3v) is 5.70. The van der Waals surface area contributed by atoms with Gasteiger partial charge in [0.2, 0.25) is 0 Å². The summed E-state index contributed by atoms with van der Waals surface area (Å²) in [5, 5.41) is 0.742. The number of hydrogen-bond acceptors (Lipinski definition) is 4. The van der Waals surface area contributed by atoms with Crippen LogP contribution in [0.2, 0.25) is 0 Å². The molecule has 0 aliphatic carbocycles. The van der Waals surface area contributed by atoms with E-state index in [0.29, 0.717) is 12.1 Å². The van der Waals surface area contributed by atoms with Gasteiger partial charge in [-0.1, -0.05) is 40.7 Å². The fourth-order valence-electron chi connectivity index (χ4n) is 3.47. The summed E-state index contributed by atoms with van der Waals surface area (Å²) < 4.78 is 6.89. The Kier molecular flexibility index (Phi) is 4.74. The Hall–Kier alpha value is -2.24. The molecular formula is C21H22N2O2S. The van der Waals surface area contributed by atoms with Gasteiger partial charge < -0.3 is 4.74 Å². The first-order valence-corrected chi connectivity index (χ1v) is 9.79. The van der Waals surface area contributed by atoms with Crippen molar-refractivity contribution in [2.24, 2.45) is 0 Å². The van der Waals surface area contributed by atoms with E-state index in [0.717, 1.165) is 45.9 Å². The number of aryl methyl sites for hydroxylation is 2. The minimum absolute atomic E-state index is 0.00800. The van der Waals surface area contributed by atoms with Crippen LogP contribution in [0.15, 0.2) is 42.5 Å². The fourth-order valence-corrected chi connectivity index (χ4v) is 4.44. The number of thiazole rings is 1. The lowest BCUT2D eigenvalue weighted by Gasteiger charge is -2.23. The van der Waals surface area contributed by atoms with E-state index in [-0.39, 0.29) is 12.0 Å². The summed E-state index contributed by atoms with van der Waals surface area (Å²) in [6.45, 7) is 5.36. The highest BCUT2D eigenvalue weighted by molar-refractivity contribution is 7.22. The summed E-state index contributed by atoms with van der Waals surface area (Å²) in [4.78, 5) is 19.9. The van der Waals surface area contributed by atoms with E-state index in [1.165, 1.54) is 0 Å². The van der Waals surface area contributed by atoms with E-state index in [1.54, 1.807) is 16.2 Å². The van der Waals surface area contributed by atoms with Crippen LogP contribution in [0.25, 0.3) is 10.2 Å². The van der Waals surface area contributed by atoms with E-state index >= 15 is 0 Å². The van der Waals surface area contributed by atoms with Gasteiger partial charge >= 0.3 is 0 Å². The molecule has 0 radical (unpaired) electrons. The number of carbonyl (C=O) groups is 1. The third-order valence-electron chi connectivity index (χ3n) is 4.64. The molecule has 1 aliphatic rings. The molecule has 5 heteroatoms. The average molecular weight is 366 g/mol. The lowest BCUT2D eigenvalue weighted by atomic mass is 10.1. The Morgan fingerprint density at radius 1 is 1.23 bits per heavy atom. The van der Waals surface area contributed by atoms with Crippen LogP contribution in [0.4, 0.5) is 5.13 Å².